The highest BCUT2D eigenvalue weighted by atomic mass is 32.3. The van der Waals surface area contributed by atoms with Gasteiger partial charge in [-0.05, 0) is 48.0 Å². The van der Waals surface area contributed by atoms with E-state index in [0.717, 1.165) is 11.8 Å². The van der Waals surface area contributed by atoms with Crippen LogP contribution in [0.3, 0.4) is 0 Å². The van der Waals surface area contributed by atoms with Gasteiger partial charge in [-0.3, -0.25) is 0 Å². The molecule has 2 aromatic heterocycles. The van der Waals surface area contributed by atoms with Crippen molar-refractivity contribution in [3.63, 3.8) is 0 Å². The Morgan fingerprint density at radius 3 is 2.61 bits per heavy atom. The fourth-order valence-electron chi connectivity index (χ4n) is 3.12. The van der Waals surface area contributed by atoms with Gasteiger partial charge in [0.15, 0.2) is 11.5 Å². The number of nitrogens with one attached hydrogen (secondary N) is 2. The Morgan fingerprint density at radius 1 is 1.13 bits per heavy atom. The number of halogens is 1. The van der Waals surface area contributed by atoms with Crippen LogP contribution in [0.5, 0.6) is 0 Å². The number of sulfonamides is 1. The lowest BCUT2D eigenvalue weighted by Crippen LogP contribution is -2.19. The van der Waals surface area contributed by atoms with Gasteiger partial charge in [-0.2, -0.15) is 4.52 Å². The van der Waals surface area contributed by atoms with Crippen molar-refractivity contribution in [2.24, 2.45) is 0 Å². The lowest BCUT2D eigenvalue weighted by molar-refractivity contribution is 0.490. The summed E-state index contributed by atoms with van der Waals surface area (Å²) in [6.07, 6.45) is 2.76. The van der Waals surface area contributed by atoms with Crippen molar-refractivity contribution in [3.8, 4) is 0 Å². The van der Waals surface area contributed by atoms with Crippen molar-refractivity contribution in [1.29, 1.82) is 0 Å². The molecule has 4 aromatic rings. The van der Waals surface area contributed by atoms with Crippen LogP contribution in [0, 0.1) is 5.82 Å². The minimum Gasteiger partial charge on any atom is -0.593 e. The molecular weight excluding hydrogens is 419 g/mol. The number of benzene rings is 2. The molecule has 4 rings (SSSR count). The minimum atomic E-state index is -3.37. The molecule has 1 unspecified atom stereocenters. The molecule has 0 aliphatic carbocycles. The van der Waals surface area contributed by atoms with Crippen LogP contribution in [0.4, 0.5) is 27.4 Å². The second-order valence-corrected chi connectivity index (χ2v) is 8.92. The zero-order valence-corrected chi connectivity index (χ0v) is 17.8. The maximum atomic E-state index is 13.1. The van der Waals surface area contributed by atoms with Gasteiger partial charge in [-0.15, -0.1) is 5.10 Å². The molecule has 0 aliphatic rings. The lowest BCUT2D eigenvalue weighted by Gasteiger charge is -2.18. The zero-order valence-electron chi connectivity index (χ0n) is 16.9. The summed E-state index contributed by atoms with van der Waals surface area (Å²) in [7, 11) is -1.46. The van der Waals surface area contributed by atoms with E-state index in [0.29, 0.717) is 35.2 Å². The van der Waals surface area contributed by atoms with Gasteiger partial charge < -0.3 is 14.8 Å². The van der Waals surface area contributed by atoms with E-state index in [9.17, 15) is 13.2 Å². The molecule has 0 saturated carbocycles. The standard InChI is InChI=1S/C21H21FN6O2S/c1-27(14-15-6-8-16(22)9-7-15)20-11-10-19-23-13-21(28(19)25-20)24-17-4-3-5-18(12-17)26-31(2,29)30/h3-13,24H,14H2,1-2H3,(H-,26,29,30). The van der Waals surface area contributed by atoms with Gasteiger partial charge in [0.1, 0.15) is 28.3 Å². The highest BCUT2D eigenvalue weighted by molar-refractivity contribution is 7.98. The number of anilines is 4. The molecule has 160 valence electrons. The maximum absolute atomic E-state index is 13.1. The molecule has 0 fully saturated rings. The minimum absolute atomic E-state index is 0.268. The second-order valence-electron chi connectivity index (χ2n) is 7.17. The number of rotatable bonds is 7. The number of aromatic nitrogens is 3. The van der Waals surface area contributed by atoms with E-state index in [4.69, 9.17) is 0 Å². The molecule has 0 radical (unpaired) electrons. The van der Waals surface area contributed by atoms with E-state index in [1.807, 2.05) is 30.1 Å². The van der Waals surface area contributed by atoms with E-state index in [-0.39, 0.29) is 5.82 Å². The SMILES string of the molecule is CN(Cc1ccc(F)cc1)c1ccc2ncc(Nc3cccc(N[S+](C)(=O)[O-])c3)n2n1. The van der Waals surface area contributed by atoms with Gasteiger partial charge in [0.05, 0.1) is 11.9 Å². The molecule has 8 nitrogen and oxygen atoms in total. The van der Waals surface area contributed by atoms with Gasteiger partial charge in [0.25, 0.3) is 0 Å². The molecule has 2 heterocycles. The summed E-state index contributed by atoms with van der Waals surface area (Å²) in [4.78, 5) is 6.31. The van der Waals surface area contributed by atoms with E-state index < -0.39 is 10.4 Å². The van der Waals surface area contributed by atoms with Crippen LogP contribution in [-0.4, -0.2) is 32.5 Å². The average Bonchev–Trinajstić information content (AvgIpc) is 3.11. The van der Waals surface area contributed by atoms with Gasteiger partial charge in [-0.1, -0.05) is 22.4 Å². The molecule has 31 heavy (non-hydrogen) atoms. The summed E-state index contributed by atoms with van der Waals surface area (Å²) >= 11 is 0. The summed E-state index contributed by atoms with van der Waals surface area (Å²) in [5.74, 6) is 1.07. The molecule has 2 aromatic carbocycles. The predicted octanol–water partition coefficient (Wildman–Crippen LogP) is 3.84. The normalized spacial score (nSPS) is 13.0. The molecule has 0 aliphatic heterocycles. The molecule has 10 heteroatoms. The van der Waals surface area contributed by atoms with Crippen molar-refractivity contribution in [2.75, 3.05) is 28.2 Å². The first kappa shape index (κ1) is 20.8. The Balaban J connectivity index is 1.56. The number of hydrogen-bond acceptors (Lipinski definition) is 6. The van der Waals surface area contributed by atoms with Crippen molar-refractivity contribution < 1.29 is 13.2 Å². The first-order valence-corrected chi connectivity index (χ1v) is 11.3. The first-order chi connectivity index (χ1) is 14.8. The van der Waals surface area contributed by atoms with Crippen molar-refractivity contribution in [1.82, 2.24) is 14.6 Å². The average molecular weight is 441 g/mol. The van der Waals surface area contributed by atoms with Gasteiger partial charge >= 0.3 is 0 Å². The summed E-state index contributed by atoms with van der Waals surface area (Å²) < 4.78 is 40.2. The monoisotopic (exact) mass is 440 g/mol. The topological polar surface area (TPSA) is 97.6 Å². The van der Waals surface area contributed by atoms with E-state index in [2.05, 4.69) is 20.1 Å². The van der Waals surface area contributed by atoms with Crippen molar-refractivity contribution >= 4 is 39.1 Å². The van der Waals surface area contributed by atoms with Crippen molar-refractivity contribution in [3.05, 3.63) is 78.2 Å². The van der Waals surface area contributed by atoms with Crippen LogP contribution in [-0.2, 0) is 21.2 Å². The summed E-state index contributed by atoms with van der Waals surface area (Å²) in [5, 5.41) is 7.88. The highest BCUT2D eigenvalue weighted by Crippen LogP contribution is 2.23. The molecule has 2 N–H and O–H groups in total. The first-order valence-electron chi connectivity index (χ1n) is 9.42. The van der Waals surface area contributed by atoms with E-state index in [1.165, 1.54) is 12.1 Å². The van der Waals surface area contributed by atoms with Gasteiger partial charge in [0, 0.05) is 19.3 Å². The number of nitrogens with zero attached hydrogens (tertiary/aromatic N) is 4. The van der Waals surface area contributed by atoms with Crippen LogP contribution in [0.1, 0.15) is 5.56 Å². The summed E-state index contributed by atoms with van der Waals surface area (Å²) in [6.45, 7) is 0.565. The number of hydrogen-bond donors (Lipinski definition) is 2. The van der Waals surface area contributed by atoms with Crippen LogP contribution in [0.15, 0.2) is 66.9 Å². The fraction of sp³-hybridized carbons (Fsp3) is 0.143. The summed E-state index contributed by atoms with van der Waals surface area (Å²) in [6, 6.07) is 17.0. The number of fused-ring (bicyclic) bond motifs is 1. The fourth-order valence-corrected chi connectivity index (χ4v) is 3.67. The second kappa shape index (κ2) is 8.32. The van der Waals surface area contributed by atoms with Crippen LogP contribution in [0.2, 0.25) is 0 Å². The Hall–Kier alpha value is -3.50. The third-order valence-corrected chi connectivity index (χ3v) is 5.12. The largest absolute Gasteiger partial charge is 0.593 e. The molecule has 1 atom stereocenters. The number of imidazole rings is 1. The molecule has 0 spiro atoms. The van der Waals surface area contributed by atoms with Crippen LogP contribution >= 0.6 is 0 Å². The predicted molar refractivity (Wildman–Crippen MR) is 120 cm³/mol. The maximum Gasteiger partial charge on any atom is 0.156 e. The third kappa shape index (κ3) is 5.16. The Kier molecular flexibility index (Phi) is 5.57. The molecular formula is C21H21FN6O2S. The highest BCUT2D eigenvalue weighted by Gasteiger charge is 2.11. The quantitative estimate of drug-likeness (QED) is 0.424. The van der Waals surface area contributed by atoms with Crippen LogP contribution in [0.25, 0.3) is 5.65 Å². The Morgan fingerprint density at radius 2 is 1.87 bits per heavy atom. The van der Waals surface area contributed by atoms with Gasteiger partial charge in [-0.25, -0.2) is 14.1 Å². The lowest BCUT2D eigenvalue weighted by atomic mass is 10.2. The summed E-state index contributed by atoms with van der Waals surface area (Å²) in [5.41, 5.74) is 2.76. The van der Waals surface area contributed by atoms with E-state index in [1.54, 1.807) is 41.0 Å². The Bertz CT molecular complexity index is 1250. The van der Waals surface area contributed by atoms with Crippen LogP contribution < -0.4 is 14.9 Å². The Labute approximate surface area is 180 Å². The molecule has 0 saturated heterocycles. The third-order valence-electron chi connectivity index (χ3n) is 4.51. The van der Waals surface area contributed by atoms with Crippen molar-refractivity contribution in [2.45, 2.75) is 6.54 Å². The van der Waals surface area contributed by atoms with E-state index >= 15 is 0 Å². The van der Waals surface area contributed by atoms with Gasteiger partial charge in [0.2, 0.25) is 0 Å². The molecule has 0 bridgehead atoms. The molecule has 0 amide bonds. The zero-order chi connectivity index (χ0) is 22.0. The smallest absolute Gasteiger partial charge is 0.156 e.